The summed E-state index contributed by atoms with van der Waals surface area (Å²) in [6.45, 7) is 3.35. The van der Waals surface area contributed by atoms with E-state index in [0.29, 0.717) is 68.0 Å². The van der Waals surface area contributed by atoms with Crippen LogP contribution in [0.1, 0.15) is 72.4 Å². The molecular weight excluding hydrogens is 475 g/mol. The van der Waals surface area contributed by atoms with E-state index in [-0.39, 0.29) is 25.0 Å². The van der Waals surface area contributed by atoms with Crippen molar-refractivity contribution in [1.29, 1.82) is 0 Å². The number of hydrogen-bond acceptors (Lipinski definition) is 5. The first-order valence-electron chi connectivity index (χ1n) is 12.3. The van der Waals surface area contributed by atoms with Crippen LogP contribution in [0.2, 0.25) is 0 Å². The fourth-order valence-electron chi connectivity index (χ4n) is 5.60. The number of alkyl halides is 3. The lowest BCUT2D eigenvalue weighted by Crippen LogP contribution is -2.42. The Hall–Kier alpha value is -2.78. The molecule has 2 heterocycles. The number of carboxylic acids is 1. The summed E-state index contributed by atoms with van der Waals surface area (Å²) >= 11 is 0. The molecule has 0 saturated carbocycles. The Labute approximate surface area is 207 Å². The predicted molar refractivity (Wildman–Crippen MR) is 125 cm³/mol. The van der Waals surface area contributed by atoms with Gasteiger partial charge in [0.25, 0.3) is 0 Å². The maximum absolute atomic E-state index is 13.9. The summed E-state index contributed by atoms with van der Waals surface area (Å²) in [4.78, 5) is 13.1. The molecule has 1 saturated heterocycles. The standard InChI is InChI=1S/C27H30F3NO5/c1-26(34)8-10-31(11-9-26)14-21-19-5-7-23(20(19)4-6-22(21)27(28,29)30)36-17-2-3-18-16(12-25(32)33)15-35-24(18)13-17/h2-4,6,13,16,23,34H,5,7-12,14-15H2,1H3,(H,32,33)/t16-,23-/m1/s1. The molecule has 0 radical (unpaired) electrons. The largest absolute Gasteiger partial charge is 0.492 e. The number of aliphatic hydroxyl groups is 1. The van der Waals surface area contributed by atoms with Gasteiger partial charge in [0.15, 0.2) is 0 Å². The molecule has 194 valence electrons. The average Bonchev–Trinajstić information content (AvgIpc) is 3.38. The van der Waals surface area contributed by atoms with Gasteiger partial charge in [-0.25, -0.2) is 0 Å². The van der Waals surface area contributed by atoms with E-state index in [4.69, 9.17) is 14.6 Å². The maximum Gasteiger partial charge on any atom is 0.416 e. The van der Waals surface area contributed by atoms with Crippen LogP contribution in [-0.2, 0) is 23.9 Å². The Morgan fingerprint density at radius 2 is 1.92 bits per heavy atom. The zero-order valence-corrected chi connectivity index (χ0v) is 20.1. The molecule has 5 rings (SSSR count). The number of likely N-dealkylation sites (tertiary alicyclic amines) is 1. The number of carboxylic acid groups (broad SMARTS) is 1. The van der Waals surface area contributed by atoms with Crippen molar-refractivity contribution >= 4 is 5.97 Å². The van der Waals surface area contributed by atoms with Crippen molar-refractivity contribution < 1.29 is 37.7 Å². The summed E-state index contributed by atoms with van der Waals surface area (Å²) in [5, 5.41) is 19.3. The van der Waals surface area contributed by atoms with E-state index in [9.17, 15) is 23.1 Å². The Bertz CT molecular complexity index is 1150. The van der Waals surface area contributed by atoms with Gasteiger partial charge < -0.3 is 19.7 Å². The van der Waals surface area contributed by atoms with Gasteiger partial charge in [-0.15, -0.1) is 0 Å². The third-order valence-electron chi connectivity index (χ3n) is 7.66. The highest BCUT2D eigenvalue weighted by Gasteiger charge is 2.39. The number of carbonyl (C=O) groups is 1. The summed E-state index contributed by atoms with van der Waals surface area (Å²) in [6.07, 6.45) is -2.72. The van der Waals surface area contributed by atoms with E-state index < -0.39 is 23.3 Å². The minimum absolute atomic E-state index is 0.0118. The van der Waals surface area contributed by atoms with Gasteiger partial charge in [-0.05, 0) is 61.4 Å². The Balaban J connectivity index is 1.38. The summed E-state index contributed by atoms with van der Waals surface area (Å²) in [5.74, 6) is 0.0391. The average molecular weight is 506 g/mol. The van der Waals surface area contributed by atoms with Crippen LogP contribution in [0.25, 0.3) is 0 Å². The number of hydrogen-bond donors (Lipinski definition) is 2. The summed E-state index contributed by atoms with van der Waals surface area (Å²) in [6, 6.07) is 8.01. The van der Waals surface area contributed by atoms with E-state index >= 15 is 0 Å². The highest BCUT2D eigenvalue weighted by Crippen LogP contribution is 2.44. The Morgan fingerprint density at radius 1 is 1.19 bits per heavy atom. The van der Waals surface area contributed by atoms with Crippen LogP contribution in [0.5, 0.6) is 11.5 Å². The fourth-order valence-corrected chi connectivity index (χ4v) is 5.60. The van der Waals surface area contributed by atoms with Crippen LogP contribution in [-0.4, -0.2) is 46.4 Å². The van der Waals surface area contributed by atoms with Crippen LogP contribution in [0, 0.1) is 0 Å². The summed E-state index contributed by atoms with van der Waals surface area (Å²) < 4.78 is 53.7. The highest BCUT2D eigenvalue weighted by atomic mass is 19.4. The molecule has 0 amide bonds. The molecule has 2 atom stereocenters. The van der Waals surface area contributed by atoms with Crippen molar-refractivity contribution in [3.05, 3.63) is 58.1 Å². The Morgan fingerprint density at radius 3 is 2.61 bits per heavy atom. The molecule has 1 aliphatic carbocycles. The minimum atomic E-state index is -4.45. The number of fused-ring (bicyclic) bond motifs is 2. The van der Waals surface area contributed by atoms with Gasteiger partial charge in [-0.3, -0.25) is 9.69 Å². The lowest BCUT2D eigenvalue weighted by Gasteiger charge is -2.36. The van der Waals surface area contributed by atoms with Gasteiger partial charge >= 0.3 is 12.1 Å². The first kappa shape index (κ1) is 24.9. The molecule has 0 unspecified atom stereocenters. The SMILES string of the molecule is CC1(O)CCN(Cc2c(C(F)(F)F)ccc3c2CC[C@H]3Oc2ccc3c(c2)OC[C@H]3CC(=O)O)CC1. The predicted octanol–water partition coefficient (Wildman–Crippen LogP) is 5.07. The number of aliphatic carboxylic acids is 1. The van der Waals surface area contributed by atoms with Crippen molar-refractivity contribution in [1.82, 2.24) is 4.90 Å². The molecule has 3 aliphatic rings. The van der Waals surface area contributed by atoms with Crippen molar-refractivity contribution in [3.8, 4) is 11.5 Å². The number of piperidine rings is 1. The number of benzene rings is 2. The molecule has 1 fully saturated rings. The monoisotopic (exact) mass is 505 g/mol. The van der Waals surface area contributed by atoms with Gasteiger partial charge in [0.1, 0.15) is 17.6 Å². The van der Waals surface area contributed by atoms with E-state index in [1.807, 2.05) is 11.0 Å². The molecule has 2 aromatic carbocycles. The van der Waals surface area contributed by atoms with Gasteiger partial charge in [0, 0.05) is 37.2 Å². The Kier molecular flexibility index (Phi) is 6.41. The van der Waals surface area contributed by atoms with Gasteiger partial charge in [-0.1, -0.05) is 12.1 Å². The smallest absolute Gasteiger partial charge is 0.416 e. The molecule has 9 heteroatoms. The van der Waals surface area contributed by atoms with Crippen LogP contribution >= 0.6 is 0 Å². The lowest BCUT2D eigenvalue weighted by atomic mass is 9.92. The molecular formula is C27H30F3NO5. The van der Waals surface area contributed by atoms with E-state index in [1.54, 1.807) is 19.1 Å². The van der Waals surface area contributed by atoms with Crippen LogP contribution in [0.3, 0.4) is 0 Å². The van der Waals surface area contributed by atoms with E-state index in [0.717, 1.165) is 17.2 Å². The zero-order chi connectivity index (χ0) is 25.7. The normalized spacial score (nSPS) is 23.1. The van der Waals surface area contributed by atoms with Crippen LogP contribution in [0.15, 0.2) is 30.3 Å². The molecule has 2 aliphatic heterocycles. The topological polar surface area (TPSA) is 79.2 Å². The molecule has 2 N–H and O–H groups in total. The molecule has 0 aromatic heterocycles. The van der Waals surface area contributed by atoms with E-state index in [1.165, 1.54) is 6.07 Å². The third kappa shape index (κ3) is 5.04. The molecule has 36 heavy (non-hydrogen) atoms. The van der Waals surface area contributed by atoms with E-state index in [2.05, 4.69) is 0 Å². The van der Waals surface area contributed by atoms with Gasteiger partial charge in [0.05, 0.1) is 24.2 Å². The third-order valence-corrected chi connectivity index (χ3v) is 7.66. The maximum atomic E-state index is 13.9. The molecule has 0 spiro atoms. The van der Waals surface area contributed by atoms with Gasteiger partial charge in [-0.2, -0.15) is 13.2 Å². The van der Waals surface area contributed by atoms with Crippen molar-refractivity contribution in [2.75, 3.05) is 19.7 Å². The van der Waals surface area contributed by atoms with Crippen molar-refractivity contribution in [2.45, 2.75) is 69.4 Å². The number of halogens is 3. The number of nitrogens with zero attached hydrogens (tertiary/aromatic N) is 1. The minimum Gasteiger partial charge on any atom is -0.492 e. The second kappa shape index (κ2) is 9.27. The van der Waals surface area contributed by atoms with Crippen molar-refractivity contribution in [2.24, 2.45) is 0 Å². The quantitative estimate of drug-likeness (QED) is 0.571. The van der Waals surface area contributed by atoms with Crippen LogP contribution < -0.4 is 9.47 Å². The van der Waals surface area contributed by atoms with Gasteiger partial charge in [0.2, 0.25) is 0 Å². The fraction of sp³-hybridized carbons (Fsp3) is 0.519. The van der Waals surface area contributed by atoms with Crippen molar-refractivity contribution in [3.63, 3.8) is 0 Å². The first-order chi connectivity index (χ1) is 17.0. The van der Waals surface area contributed by atoms with Crippen LogP contribution in [0.4, 0.5) is 13.2 Å². The zero-order valence-electron chi connectivity index (χ0n) is 20.1. The lowest BCUT2D eigenvalue weighted by molar-refractivity contribution is -0.139. The highest BCUT2D eigenvalue weighted by molar-refractivity contribution is 5.68. The molecule has 0 bridgehead atoms. The number of ether oxygens (including phenoxy) is 2. The second-order valence-electron chi connectivity index (χ2n) is 10.4. The number of rotatable bonds is 6. The molecule has 6 nitrogen and oxygen atoms in total. The molecule has 2 aromatic rings. The first-order valence-corrected chi connectivity index (χ1v) is 12.3. The summed E-state index contributed by atoms with van der Waals surface area (Å²) in [5.41, 5.74) is 1.23. The second-order valence-corrected chi connectivity index (χ2v) is 10.4. The summed E-state index contributed by atoms with van der Waals surface area (Å²) in [7, 11) is 0.